The third-order valence-electron chi connectivity index (χ3n) is 3.95. The Kier molecular flexibility index (Phi) is 4.52. The quantitative estimate of drug-likeness (QED) is 0.555. The molecule has 4 rings (SSSR count). The summed E-state index contributed by atoms with van der Waals surface area (Å²) in [5.74, 6) is -1.68. The maximum Gasteiger partial charge on any atom is 0.236 e. The number of sulfonamides is 1. The van der Waals surface area contributed by atoms with E-state index in [9.17, 15) is 17.2 Å². The van der Waals surface area contributed by atoms with Crippen LogP contribution in [-0.2, 0) is 15.8 Å². The van der Waals surface area contributed by atoms with Crippen molar-refractivity contribution in [3.8, 4) is 11.3 Å². The summed E-state index contributed by atoms with van der Waals surface area (Å²) in [6.07, 6.45) is 5.22. The minimum absolute atomic E-state index is 0.0209. The number of rotatable bonds is 5. The minimum Gasteiger partial charge on any atom is -0.291 e. The van der Waals surface area contributed by atoms with Crippen LogP contribution >= 0.6 is 0 Å². The monoisotopic (exact) mass is 400 g/mol. The van der Waals surface area contributed by atoms with E-state index < -0.39 is 27.4 Å². The summed E-state index contributed by atoms with van der Waals surface area (Å²) in [5.41, 5.74) is 1.67. The van der Waals surface area contributed by atoms with Crippen molar-refractivity contribution in [2.24, 2.45) is 0 Å². The summed E-state index contributed by atoms with van der Waals surface area (Å²) in [4.78, 5) is 8.55. The van der Waals surface area contributed by atoms with Gasteiger partial charge in [0.25, 0.3) is 0 Å². The molecule has 2 aromatic heterocycles. The molecule has 2 aromatic carbocycles. The van der Waals surface area contributed by atoms with Crippen LogP contribution < -0.4 is 4.72 Å². The third-order valence-corrected chi connectivity index (χ3v) is 5.21. The summed E-state index contributed by atoms with van der Waals surface area (Å²) in [7, 11) is -3.87. The third kappa shape index (κ3) is 3.99. The van der Waals surface area contributed by atoms with Crippen LogP contribution in [-0.4, -0.2) is 22.8 Å². The molecule has 0 bridgehead atoms. The highest BCUT2D eigenvalue weighted by Crippen LogP contribution is 2.23. The van der Waals surface area contributed by atoms with Crippen molar-refractivity contribution < 1.29 is 17.2 Å². The lowest BCUT2D eigenvalue weighted by atomic mass is 10.1. The van der Waals surface area contributed by atoms with E-state index >= 15 is 0 Å². The van der Waals surface area contributed by atoms with Crippen molar-refractivity contribution in [2.45, 2.75) is 5.75 Å². The lowest BCUT2D eigenvalue weighted by Gasteiger charge is -2.09. The van der Waals surface area contributed by atoms with E-state index in [0.29, 0.717) is 28.8 Å². The van der Waals surface area contributed by atoms with Crippen molar-refractivity contribution in [2.75, 3.05) is 4.72 Å². The highest BCUT2D eigenvalue weighted by molar-refractivity contribution is 7.91. The molecule has 0 aliphatic rings. The lowest BCUT2D eigenvalue weighted by Crippen LogP contribution is -2.15. The summed E-state index contributed by atoms with van der Waals surface area (Å²) in [5, 5.41) is 0. The van der Waals surface area contributed by atoms with E-state index in [1.54, 1.807) is 47.1 Å². The molecule has 0 saturated carbocycles. The van der Waals surface area contributed by atoms with Gasteiger partial charge in [-0.1, -0.05) is 12.1 Å². The second kappa shape index (κ2) is 7.01. The zero-order valence-electron chi connectivity index (χ0n) is 14.4. The number of imidazole rings is 1. The van der Waals surface area contributed by atoms with Crippen LogP contribution in [0.15, 0.2) is 67.1 Å². The van der Waals surface area contributed by atoms with Gasteiger partial charge in [0.2, 0.25) is 15.8 Å². The molecule has 9 heteroatoms. The van der Waals surface area contributed by atoms with Crippen molar-refractivity contribution in [3.05, 3.63) is 84.3 Å². The highest BCUT2D eigenvalue weighted by atomic mass is 32.2. The van der Waals surface area contributed by atoms with Gasteiger partial charge in [0.1, 0.15) is 11.6 Å². The molecule has 28 heavy (non-hydrogen) atoms. The summed E-state index contributed by atoms with van der Waals surface area (Å²) >= 11 is 0. The van der Waals surface area contributed by atoms with Gasteiger partial charge < -0.3 is 0 Å². The van der Waals surface area contributed by atoms with Crippen LogP contribution in [0.1, 0.15) is 5.56 Å². The summed E-state index contributed by atoms with van der Waals surface area (Å²) in [6, 6.07) is 11.1. The Labute approximate surface area is 159 Å². The normalized spacial score (nSPS) is 11.6. The molecule has 0 amide bonds. The van der Waals surface area contributed by atoms with Gasteiger partial charge in [-0.25, -0.2) is 27.2 Å². The molecule has 0 aliphatic heterocycles. The molecular weight excluding hydrogens is 386 g/mol. The lowest BCUT2D eigenvalue weighted by molar-refractivity contribution is 0.579. The standard InChI is InChI=1S/C19H14F2N4O2S/c20-15-7-13(8-16(21)10-15)12-28(26,27)24-17-4-1-3-14(9-17)18-11-25-6-2-5-22-19(25)23-18/h1-11,24H,12H2. The number of nitrogens with zero attached hydrogens (tertiary/aromatic N) is 3. The molecule has 0 fully saturated rings. The zero-order valence-corrected chi connectivity index (χ0v) is 15.2. The van der Waals surface area contributed by atoms with Crippen molar-refractivity contribution in [1.29, 1.82) is 0 Å². The number of nitrogens with one attached hydrogen (secondary N) is 1. The molecule has 0 unspecified atom stereocenters. The Hall–Kier alpha value is -3.33. The molecule has 2 heterocycles. The first-order valence-electron chi connectivity index (χ1n) is 8.24. The van der Waals surface area contributed by atoms with Crippen molar-refractivity contribution >= 4 is 21.5 Å². The van der Waals surface area contributed by atoms with Crippen LogP contribution in [0.25, 0.3) is 17.0 Å². The first-order valence-corrected chi connectivity index (χ1v) is 9.89. The predicted molar refractivity (Wildman–Crippen MR) is 101 cm³/mol. The Morgan fingerprint density at radius 2 is 1.82 bits per heavy atom. The van der Waals surface area contributed by atoms with Gasteiger partial charge >= 0.3 is 0 Å². The molecule has 0 atom stereocenters. The Morgan fingerprint density at radius 1 is 1.04 bits per heavy atom. The largest absolute Gasteiger partial charge is 0.291 e. The fraction of sp³-hybridized carbons (Fsp3) is 0.0526. The smallest absolute Gasteiger partial charge is 0.236 e. The van der Waals surface area contributed by atoms with E-state index in [2.05, 4.69) is 14.7 Å². The molecule has 0 radical (unpaired) electrons. The SMILES string of the molecule is O=S(=O)(Cc1cc(F)cc(F)c1)Nc1cccc(-c2cn3cccnc3n2)c1. The molecular formula is C19H14F2N4O2S. The van der Waals surface area contributed by atoms with E-state index in [1.165, 1.54) is 0 Å². The van der Waals surface area contributed by atoms with Crippen molar-refractivity contribution in [3.63, 3.8) is 0 Å². The van der Waals surface area contributed by atoms with Gasteiger partial charge in [-0.05, 0) is 35.9 Å². The van der Waals surface area contributed by atoms with E-state index in [4.69, 9.17) is 0 Å². The molecule has 1 N–H and O–H groups in total. The molecule has 4 aromatic rings. The molecule has 142 valence electrons. The minimum atomic E-state index is -3.87. The molecule has 0 saturated heterocycles. The van der Waals surface area contributed by atoms with Gasteiger partial charge in [-0.3, -0.25) is 9.12 Å². The number of anilines is 1. The molecule has 0 spiro atoms. The predicted octanol–water partition coefficient (Wildman–Crippen LogP) is 3.62. The Balaban J connectivity index is 1.58. The molecule has 0 aliphatic carbocycles. The number of hydrogen-bond acceptors (Lipinski definition) is 4. The first-order chi connectivity index (χ1) is 13.4. The first kappa shape index (κ1) is 18.1. The number of halogens is 2. The second-order valence-corrected chi connectivity index (χ2v) is 7.90. The van der Waals surface area contributed by atoms with Crippen LogP contribution in [0.2, 0.25) is 0 Å². The van der Waals surface area contributed by atoms with E-state index in [-0.39, 0.29) is 5.56 Å². The number of fused-ring (bicyclic) bond motifs is 1. The van der Waals surface area contributed by atoms with Gasteiger partial charge in [0.05, 0.1) is 11.4 Å². The van der Waals surface area contributed by atoms with Gasteiger partial charge in [0, 0.05) is 35.9 Å². The topological polar surface area (TPSA) is 76.4 Å². The van der Waals surface area contributed by atoms with Crippen LogP contribution in [0.5, 0.6) is 0 Å². The van der Waals surface area contributed by atoms with Crippen molar-refractivity contribution in [1.82, 2.24) is 14.4 Å². The Bertz CT molecular complexity index is 1220. The van der Waals surface area contributed by atoms with Gasteiger partial charge in [-0.15, -0.1) is 0 Å². The average molecular weight is 400 g/mol. The Morgan fingerprint density at radius 3 is 2.57 bits per heavy atom. The molecule has 6 nitrogen and oxygen atoms in total. The number of aromatic nitrogens is 3. The van der Waals surface area contributed by atoms with Gasteiger partial charge in [0.15, 0.2) is 0 Å². The van der Waals surface area contributed by atoms with E-state index in [0.717, 1.165) is 12.1 Å². The average Bonchev–Trinajstić information content (AvgIpc) is 3.04. The summed E-state index contributed by atoms with van der Waals surface area (Å²) in [6.45, 7) is 0. The fourth-order valence-corrected chi connectivity index (χ4v) is 4.00. The second-order valence-electron chi connectivity index (χ2n) is 6.17. The van der Waals surface area contributed by atoms with E-state index in [1.807, 2.05) is 6.20 Å². The maximum absolute atomic E-state index is 13.3. The number of benzene rings is 2. The highest BCUT2D eigenvalue weighted by Gasteiger charge is 2.14. The van der Waals surface area contributed by atoms with Crippen LogP contribution in [0.3, 0.4) is 0 Å². The number of hydrogen-bond donors (Lipinski definition) is 1. The summed E-state index contributed by atoms with van der Waals surface area (Å²) < 4.78 is 55.5. The van der Waals surface area contributed by atoms with Crippen LogP contribution in [0, 0.1) is 11.6 Å². The zero-order chi connectivity index (χ0) is 19.7. The maximum atomic E-state index is 13.3. The fourth-order valence-electron chi connectivity index (χ4n) is 2.84. The van der Waals surface area contributed by atoms with Crippen LogP contribution in [0.4, 0.5) is 14.5 Å². The van der Waals surface area contributed by atoms with Gasteiger partial charge in [-0.2, -0.15) is 0 Å².